The molecule has 2 aromatic heterocycles. The molecule has 0 saturated carbocycles. The Labute approximate surface area is 203 Å². The Hall–Kier alpha value is -3.47. The Bertz CT molecular complexity index is 1340. The highest BCUT2D eigenvalue weighted by molar-refractivity contribution is 7.92. The predicted octanol–water partition coefficient (Wildman–Crippen LogP) is 3.67. The van der Waals surface area contributed by atoms with Gasteiger partial charge in [-0.05, 0) is 55.2 Å². The van der Waals surface area contributed by atoms with Crippen molar-refractivity contribution in [1.29, 1.82) is 0 Å². The van der Waals surface area contributed by atoms with Gasteiger partial charge in [-0.1, -0.05) is 6.92 Å². The molecule has 3 rings (SSSR count). The number of ether oxygens (including phenoxy) is 1. The van der Waals surface area contributed by atoms with Crippen LogP contribution in [0.3, 0.4) is 0 Å². The maximum absolute atomic E-state index is 13.5. The molecule has 1 amide bonds. The van der Waals surface area contributed by atoms with Crippen LogP contribution in [0.2, 0.25) is 0 Å². The van der Waals surface area contributed by atoms with Crippen LogP contribution in [0.1, 0.15) is 42.1 Å². The molecule has 2 heterocycles. The second-order valence-corrected chi connectivity index (χ2v) is 9.84. The Morgan fingerprint density at radius 3 is 2.46 bits per heavy atom. The van der Waals surface area contributed by atoms with E-state index in [1.165, 1.54) is 42.7 Å². The Balaban J connectivity index is 2.12. The molecule has 1 N–H and O–H groups in total. The summed E-state index contributed by atoms with van der Waals surface area (Å²) < 4.78 is 50.6. The Morgan fingerprint density at radius 2 is 1.89 bits per heavy atom. The van der Waals surface area contributed by atoms with Crippen molar-refractivity contribution < 1.29 is 31.6 Å². The number of rotatable bonds is 10. The lowest BCUT2D eigenvalue weighted by molar-refractivity contribution is -0.140. The van der Waals surface area contributed by atoms with Gasteiger partial charge in [-0.3, -0.25) is 13.9 Å². The van der Waals surface area contributed by atoms with Crippen molar-refractivity contribution in [2.75, 3.05) is 31.3 Å². The highest BCUT2D eigenvalue weighted by Crippen LogP contribution is 2.36. The molecule has 0 fully saturated rings. The van der Waals surface area contributed by atoms with E-state index in [1.807, 2.05) is 6.92 Å². The molecule has 0 aliphatic carbocycles. The number of aryl methyl sites for hydroxylation is 1. The van der Waals surface area contributed by atoms with Crippen molar-refractivity contribution in [2.24, 2.45) is 0 Å². The zero-order valence-electron chi connectivity index (χ0n) is 20.1. The van der Waals surface area contributed by atoms with Crippen LogP contribution in [-0.4, -0.2) is 52.2 Å². The molecule has 9 nitrogen and oxygen atoms in total. The monoisotopic (exact) mass is 505 g/mol. The molecule has 0 aliphatic rings. The number of hydrogen-bond acceptors (Lipinski definition) is 7. The summed E-state index contributed by atoms with van der Waals surface area (Å²) in [7, 11) is -0.931. The number of aromatic nitrogens is 1. The summed E-state index contributed by atoms with van der Waals surface area (Å²) >= 11 is 0. The van der Waals surface area contributed by atoms with Crippen LogP contribution in [0.5, 0.6) is 0 Å². The fourth-order valence-corrected chi connectivity index (χ4v) is 4.68. The first-order valence-corrected chi connectivity index (χ1v) is 12.9. The molecule has 0 aliphatic heterocycles. The number of pyridine rings is 1. The molecule has 3 aromatic rings. The van der Waals surface area contributed by atoms with Crippen LogP contribution in [0.15, 0.2) is 34.7 Å². The van der Waals surface area contributed by atoms with Crippen LogP contribution in [0.4, 0.5) is 10.2 Å². The van der Waals surface area contributed by atoms with Gasteiger partial charge in [0.25, 0.3) is 5.91 Å². The van der Waals surface area contributed by atoms with E-state index < -0.39 is 21.7 Å². The fraction of sp³-hybridized carbons (Fsp3) is 0.375. The molecule has 0 spiro atoms. The number of hydrogen-bond donors (Lipinski definition) is 1. The number of sulfonamides is 1. The highest BCUT2D eigenvalue weighted by Gasteiger charge is 2.27. The van der Waals surface area contributed by atoms with Crippen LogP contribution in [0, 0.1) is 5.82 Å². The van der Waals surface area contributed by atoms with Gasteiger partial charge in [-0.15, -0.1) is 0 Å². The van der Waals surface area contributed by atoms with E-state index in [0.717, 1.165) is 6.26 Å². The molecular formula is C24H28FN3O6S. The second kappa shape index (κ2) is 10.9. The van der Waals surface area contributed by atoms with Crippen molar-refractivity contribution in [3.63, 3.8) is 0 Å². The lowest BCUT2D eigenvalue weighted by atomic mass is 10.0. The summed E-state index contributed by atoms with van der Waals surface area (Å²) in [6, 6.07) is 7.19. The van der Waals surface area contributed by atoms with Crippen molar-refractivity contribution in [3.05, 3.63) is 47.3 Å². The summed E-state index contributed by atoms with van der Waals surface area (Å²) in [5.74, 6) is -0.813. The summed E-state index contributed by atoms with van der Waals surface area (Å²) in [4.78, 5) is 28.7. The number of amides is 1. The van der Waals surface area contributed by atoms with Gasteiger partial charge in [0.05, 0.1) is 24.3 Å². The van der Waals surface area contributed by atoms with Gasteiger partial charge in [-0.25, -0.2) is 12.8 Å². The van der Waals surface area contributed by atoms with E-state index >= 15 is 0 Å². The first-order chi connectivity index (χ1) is 16.6. The number of carbonyl (C=O) groups is 2. The summed E-state index contributed by atoms with van der Waals surface area (Å²) in [6.07, 6.45) is 2.56. The molecule has 1 aromatic carbocycles. The van der Waals surface area contributed by atoms with E-state index in [-0.39, 0.29) is 41.8 Å². The van der Waals surface area contributed by atoms with Crippen LogP contribution < -0.4 is 9.62 Å². The first kappa shape index (κ1) is 26.1. The third-order valence-corrected chi connectivity index (χ3v) is 6.69. The highest BCUT2D eigenvalue weighted by atomic mass is 32.2. The van der Waals surface area contributed by atoms with Gasteiger partial charge in [0.15, 0.2) is 0 Å². The van der Waals surface area contributed by atoms with Crippen LogP contribution in [0.25, 0.3) is 22.4 Å². The Morgan fingerprint density at radius 1 is 1.20 bits per heavy atom. The number of unbranched alkanes of at least 4 members (excludes halogenated alkanes) is 1. The molecule has 0 saturated heterocycles. The number of carbonyl (C=O) groups excluding carboxylic acids is 2. The number of anilines is 1. The lowest BCUT2D eigenvalue weighted by Crippen LogP contribution is -2.32. The Kier molecular flexibility index (Phi) is 8.11. The van der Waals surface area contributed by atoms with E-state index in [4.69, 9.17) is 4.42 Å². The molecule has 188 valence electrons. The van der Waals surface area contributed by atoms with E-state index in [9.17, 15) is 22.4 Å². The molecular weight excluding hydrogens is 477 g/mol. The minimum Gasteiger partial charge on any atom is -0.469 e. The van der Waals surface area contributed by atoms with Crippen LogP contribution >= 0.6 is 0 Å². The van der Waals surface area contributed by atoms with Crippen LogP contribution in [-0.2, 0) is 26.0 Å². The van der Waals surface area contributed by atoms with E-state index in [0.29, 0.717) is 35.8 Å². The van der Waals surface area contributed by atoms with Crippen molar-refractivity contribution in [2.45, 2.75) is 32.6 Å². The topological polar surface area (TPSA) is 119 Å². The van der Waals surface area contributed by atoms with E-state index in [2.05, 4.69) is 15.0 Å². The van der Waals surface area contributed by atoms with Gasteiger partial charge < -0.3 is 14.5 Å². The lowest BCUT2D eigenvalue weighted by Gasteiger charge is -2.23. The predicted molar refractivity (Wildman–Crippen MR) is 130 cm³/mol. The quantitative estimate of drug-likeness (QED) is 0.330. The van der Waals surface area contributed by atoms with E-state index in [1.54, 1.807) is 6.07 Å². The maximum atomic E-state index is 13.5. The summed E-state index contributed by atoms with van der Waals surface area (Å²) in [5, 5.41) is 3.00. The largest absolute Gasteiger partial charge is 0.469 e. The standard InChI is InChI=1S/C24H28FN3O6S/c1-5-15-14-18-20(23(30)26-2)21(16-9-11-17(25)12-10-16)34-24(18)27-22(15)28(35(4,31)32)13-7-6-8-19(29)33-3/h9-12,14H,5-8,13H2,1-4H3,(H,26,30). The van der Waals surface area contributed by atoms with Crippen molar-refractivity contribution in [3.8, 4) is 11.3 Å². The smallest absolute Gasteiger partial charge is 0.305 e. The minimum atomic E-state index is -3.71. The molecule has 0 unspecified atom stereocenters. The maximum Gasteiger partial charge on any atom is 0.305 e. The number of benzene rings is 1. The average molecular weight is 506 g/mol. The van der Waals surface area contributed by atoms with Crippen molar-refractivity contribution >= 4 is 38.8 Å². The van der Waals surface area contributed by atoms with Gasteiger partial charge in [-0.2, -0.15) is 4.98 Å². The number of esters is 1. The number of nitrogens with zero attached hydrogens (tertiary/aromatic N) is 2. The number of fused-ring (bicyclic) bond motifs is 1. The molecule has 0 radical (unpaired) electrons. The first-order valence-electron chi connectivity index (χ1n) is 11.1. The number of halogens is 1. The molecule has 35 heavy (non-hydrogen) atoms. The number of methoxy groups -OCH3 is 1. The zero-order chi connectivity index (χ0) is 25.8. The molecule has 11 heteroatoms. The number of nitrogens with one attached hydrogen (secondary N) is 1. The number of furan rings is 1. The fourth-order valence-electron chi connectivity index (χ4n) is 3.74. The van der Waals surface area contributed by atoms with Gasteiger partial charge >= 0.3 is 5.97 Å². The van der Waals surface area contributed by atoms with Gasteiger partial charge in [0, 0.05) is 25.6 Å². The third kappa shape index (κ3) is 5.79. The second-order valence-electron chi connectivity index (χ2n) is 7.94. The average Bonchev–Trinajstić information content (AvgIpc) is 3.20. The SMILES string of the molecule is CCc1cc2c(C(=O)NC)c(-c3ccc(F)cc3)oc2nc1N(CCCCC(=O)OC)S(C)(=O)=O. The molecule has 0 bridgehead atoms. The normalized spacial score (nSPS) is 11.5. The zero-order valence-corrected chi connectivity index (χ0v) is 20.9. The summed E-state index contributed by atoms with van der Waals surface area (Å²) in [5.41, 5.74) is 1.39. The van der Waals surface area contributed by atoms with Crippen molar-refractivity contribution in [1.82, 2.24) is 10.3 Å². The summed E-state index contributed by atoms with van der Waals surface area (Å²) in [6.45, 7) is 1.96. The molecule has 0 atom stereocenters. The third-order valence-electron chi connectivity index (χ3n) is 5.54. The minimum absolute atomic E-state index is 0.0818. The van der Waals surface area contributed by atoms with Gasteiger partial charge in [0.2, 0.25) is 15.7 Å². The van der Waals surface area contributed by atoms with Gasteiger partial charge in [0.1, 0.15) is 17.4 Å².